The fraction of sp³-hybridized carbons (Fsp3) is 0.577. The number of aromatic nitrogens is 1. The van der Waals surface area contributed by atoms with E-state index in [9.17, 15) is 14.7 Å². The molecule has 3 N–H and O–H groups in total. The number of fused-ring (bicyclic) bond motifs is 1. The summed E-state index contributed by atoms with van der Waals surface area (Å²) in [5, 5.41) is 17.5. The molecular weight excluding hydrogens is 445 g/mol. The number of benzene rings is 1. The molecule has 1 aliphatic carbocycles. The molecule has 0 aliphatic heterocycles. The maximum Gasteiger partial charge on any atom is 0.243 e. The summed E-state index contributed by atoms with van der Waals surface area (Å²) in [7, 11) is 5.36. The lowest BCUT2D eigenvalue weighted by Gasteiger charge is -2.35. The third-order valence-electron chi connectivity index (χ3n) is 7.02. The zero-order valence-electron chi connectivity index (χ0n) is 20.4. The van der Waals surface area contributed by atoms with Crippen molar-refractivity contribution in [1.82, 2.24) is 15.6 Å². The minimum atomic E-state index is -0.822. The molecule has 0 saturated heterocycles. The van der Waals surface area contributed by atoms with Crippen LogP contribution < -0.4 is 10.6 Å². The van der Waals surface area contributed by atoms with E-state index in [2.05, 4.69) is 29.5 Å². The second-order valence-corrected chi connectivity index (χ2v) is 10.7. The number of hydrogen-bond donors (Lipinski definition) is 3. The molecule has 34 heavy (non-hydrogen) atoms. The quantitative estimate of drug-likeness (QED) is 0.348. The summed E-state index contributed by atoms with van der Waals surface area (Å²) in [4.78, 5) is 30.1. The predicted octanol–water partition coefficient (Wildman–Crippen LogP) is 4.29. The van der Waals surface area contributed by atoms with Crippen LogP contribution in [0.2, 0.25) is 0 Å². The Morgan fingerprint density at radius 1 is 1.21 bits per heavy atom. The fourth-order valence-electron chi connectivity index (χ4n) is 5.03. The summed E-state index contributed by atoms with van der Waals surface area (Å²) in [6, 6.07) is 8.55. The molecule has 3 rings (SSSR count). The van der Waals surface area contributed by atoms with Crippen molar-refractivity contribution in [3.05, 3.63) is 36.5 Å². The number of aliphatic hydroxyl groups is 1. The van der Waals surface area contributed by atoms with Crippen LogP contribution in [0.4, 0.5) is 4.79 Å². The Morgan fingerprint density at radius 3 is 2.68 bits per heavy atom. The van der Waals surface area contributed by atoms with E-state index >= 15 is 0 Å². The highest BCUT2D eigenvalue weighted by molar-refractivity contribution is 7.99. The third-order valence-corrected chi connectivity index (χ3v) is 8.16. The van der Waals surface area contributed by atoms with Gasteiger partial charge in [-0.3, -0.25) is 14.6 Å². The van der Waals surface area contributed by atoms with Gasteiger partial charge in [0.1, 0.15) is 6.04 Å². The standard InChI is InChI=1S/C26H36BN3O3S/c1-4-20(22(31)14-19-11-10-16(2)13-17(19)3)29-25(32)21(30-26(27)33)15-34-23-9-5-7-18-8-6-12-28-24(18)23/h5-9,12,16-17,19-22,31H,4,10-11,13-15H2,1-3H3,(H,29,32)(H,30,33). The van der Waals surface area contributed by atoms with E-state index in [1.807, 2.05) is 37.3 Å². The average Bonchev–Trinajstić information content (AvgIpc) is 2.81. The van der Waals surface area contributed by atoms with Gasteiger partial charge in [0.15, 0.2) is 5.81 Å². The second kappa shape index (κ2) is 12.6. The van der Waals surface area contributed by atoms with Crippen LogP contribution in [0.15, 0.2) is 41.4 Å². The van der Waals surface area contributed by atoms with E-state index in [0.29, 0.717) is 30.4 Å². The van der Waals surface area contributed by atoms with Gasteiger partial charge in [0.25, 0.3) is 0 Å². The normalized spacial score (nSPS) is 23.1. The Hall–Kier alpha value is -2.06. The van der Waals surface area contributed by atoms with Crippen LogP contribution in [-0.4, -0.2) is 53.6 Å². The minimum Gasteiger partial charge on any atom is -0.391 e. The topological polar surface area (TPSA) is 91.3 Å². The highest BCUT2D eigenvalue weighted by Gasteiger charge is 2.31. The van der Waals surface area contributed by atoms with Crippen molar-refractivity contribution in [2.45, 2.75) is 76.0 Å². The maximum absolute atomic E-state index is 13.1. The summed E-state index contributed by atoms with van der Waals surface area (Å²) in [5.74, 6) is 0.980. The molecule has 1 aromatic carbocycles. The lowest BCUT2D eigenvalue weighted by molar-refractivity contribution is -0.124. The van der Waals surface area contributed by atoms with Crippen LogP contribution in [0, 0.1) is 17.8 Å². The van der Waals surface area contributed by atoms with Crippen molar-refractivity contribution >= 4 is 42.2 Å². The molecule has 1 aliphatic rings. The molecule has 0 spiro atoms. The van der Waals surface area contributed by atoms with E-state index in [-0.39, 0.29) is 11.9 Å². The SMILES string of the molecule is [B]C(=O)NC(CSc1cccc2cccnc12)C(=O)NC(CC)C(O)CC1CCC(C)CC1C. The molecule has 6 unspecified atom stereocenters. The number of hydrogen-bond acceptors (Lipinski definition) is 5. The molecule has 6 atom stereocenters. The molecule has 1 heterocycles. The highest BCUT2D eigenvalue weighted by Crippen LogP contribution is 2.36. The molecule has 2 aromatic rings. The number of amides is 2. The molecule has 1 fully saturated rings. The molecule has 182 valence electrons. The van der Waals surface area contributed by atoms with Gasteiger partial charge in [0.2, 0.25) is 13.8 Å². The largest absolute Gasteiger partial charge is 0.391 e. The number of carbonyl (C=O) groups excluding carboxylic acids is 2. The molecule has 1 aromatic heterocycles. The molecule has 2 radical (unpaired) electrons. The van der Waals surface area contributed by atoms with Crippen LogP contribution in [0.25, 0.3) is 10.9 Å². The molecular formula is C26H36BN3O3S. The van der Waals surface area contributed by atoms with Gasteiger partial charge in [-0.15, -0.1) is 11.8 Å². The smallest absolute Gasteiger partial charge is 0.243 e. The number of nitrogens with one attached hydrogen (secondary N) is 2. The van der Waals surface area contributed by atoms with Gasteiger partial charge in [-0.2, -0.15) is 0 Å². The zero-order chi connectivity index (χ0) is 24.7. The summed E-state index contributed by atoms with van der Waals surface area (Å²) in [5.41, 5.74) is 0.853. The van der Waals surface area contributed by atoms with Crippen LogP contribution in [0.1, 0.15) is 52.9 Å². The predicted molar refractivity (Wildman–Crippen MR) is 139 cm³/mol. The van der Waals surface area contributed by atoms with E-state index < -0.39 is 18.0 Å². The van der Waals surface area contributed by atoms with Crippen LogP contribution in [0.3, 0.4) is 0 Å². The van der Waals surface area contributed by atoms with Crippen molar-refractivity contribution in [2.24, 2.45) is 17.8 Å². The van der Waals surface area contributed by atoms with Gasteiger partial charge in [-0.05, 0) is 55.6 Å². The van der Waals surface area contributed by atoms with E-state index in [0.717, 1.165) is 28.1 Å². The summed E-state index contributed by atoms with van der Waals surface area (Å²) in [6.45, 7) is 6.50. The molecule has 2 amide bonds. The summed E-state index contributed by atoms with van der Waals surface area (Å²) < 4.78 is 0. The first kappa shape index (κ1) is 26.5. The highest BCUT2D eigenvalue weighted by atomic mass is 32.2. The lowest BCUT2D eigenvalue weighted by atomic mass is 9.73. The van der Waals surface area contributed by atoms with Gasteiger partial charge >= 0.3 is 0 Å². The third kappa shape index (κ3) is 7.22. The van der Waals surface area contributed by atoms with Gasteiger partial charge in [0.05, 0.1) is 17.7 Å². The number of aliphatic hydroxyl groups excluding tert-OH is 1. The molecule has 8 heteroatoms. The first-order valence-corrected chi connectivity index (χ1v) is 13.3. The zero-order valence-corrected chi connectivity index (χ0v) is 21.2. The van der Waals surface area contributed by atoms with Crippen LogP contribution >= 0.6 is 11.8 Å². The van der Waals surface area contributed by atoms with Crippen molar-refractivity contribution < 1.29 is 14.7 Å². The van der Waals surface area contributed by atoms with Crippen molar-refractivity contribution in [2.75, 3.05) is 5.75 Å². The van der Waals surface area contributed by atoms with Crippen LogP contribution in [-0.2, 0) is 4.79 Å². The number of rotatable bonds is 10. The minimum absolute atomic E-state index is 0.300. The van der Waals surface area contributed by atoms with Gasteiger partial charge in [-0.1, -0.05) is 45.4 Å². The number of nitrogens with zero attached hydrogens (tertiary/aromatic N) is 1. The van der Waals surface area contributed by atoms with Gasteiger partial charge in [0, 0.05) is 22.2 Å². The average molecular weight is 481 g/mol. The maximum atomic E-state index is 13.1. The number of para-hydroxylation sites is 1. The number of pyridine rings is 1. The van der Waals surface area contributed by atoms with Crippen molar-refractivity contribution in [1.29, 1.82) is 0 Å². The Labute approximate surface area is 208 Å². The second-order valence-electron chi connectivity index (χ2n) is 9.69. The van der Waals surface area contributed by atoms with Crippen molar-refractivity contribution in [3.8, 4) is 0 Å². The Bertz CT molecular complexity index is 970. The summed E-state index contributed by atoms with van der Waals surface area (Å²) in [6.07, 6.45) is 5.88. The Morgan fingerprint density at radius 2 is 1.97 bits per heavy atom. The molecule has 0 bridgehead atoms. The van der Waals surface area contributed by atoms with E-state index in [1.54, 1.807) is 6.20 Å². The van der Waals surface area contributed by atoms with E-state index in [1.165, 1.54) is 24.6 Å². The van der Waals surface area contributed by atoms with Crippen LogP contribution in [0.5, 0.6) is 0 Å². The van der Waals surface area contributed by atoms with Gasteiger partial charge in [-0.25, -0.2) is 0 Å². The van der Waals surface area contributed by atoms with Gasteiger partial charge < -0.3 is 15.7 Å². The first-order valence-electron chi connectivity index (χ1n) is 12.3. The number of carbonyl (C=O) groups is 2. The number of thioether (sulfide) groups is 1. The molecule has 1 saturated carbocycles. The monoisotopic (exact) mass is 481 g/mol. The Kier molecular flexibility index (Phi) is 9.83. The lowest BCUT2D eigenvalue weighted by Crippen LogP contribution is -2.53. The Balaban J connectivity index is 1.63. The fourth-order valence-corrected chi connectivity index (χ4v) is 6.09. The first-order chi connectivity index (χ1) is 16.3. The van der Waals surface area contributed by atoms with Crippen molar-refractivity contribution in [3.63, 3.8) is 0 Å². The van der Waals surface area contributed by atoms with E-state index in [4.69, 9.17) is 7.85 Å². The summed E-state index contributed by atoms with van der Waals surface area (Å²) >= 11 is 1.44. The molecule has 6 nitrogen and oxygen atoms in total.